The quantitative estimate of drug-likeness (QED) is 0.171. The molecule has 0 saturated carbocycles. The third-order valence-electron chi connectivity index (χ3n) is 11.1. The van der Waals surface area contributed by atoms with Crippen LogP contribution in [0.25, 0.3) is 111 Å². The summed E-state index contributed by atoms with van der Waals surface area (Å²) in [7, 11) is 0. The molecule has 3 heteroatoms. The van der Waals surface area contributed by atoms with E-state index >= 15 is 0 Å². The van der Waals surface area contributed by atoms with Crippen molar-refractivity contribution in [1.82, 2.24) is 15.0 Å². The first-order valence-electron chi connectivity index (χ1n) is 19.0. The third-order valence-corrected chi connectivity index (χ3v) is 11.1. The van der Waals surface area contributed by atoms with Crippen molar-refractivity contribution in [2.45, 2.75) is 0 Å². The van der Waals surface area contributed by atoms with E-state index in [1.54, 1.807) is 0 Å². The van der Waals surface area contributed by atoms with Crippen LogP contribution in [-0.2, 0) is 0 Å². The molecular weight excluding hydrogens is 679 g/mol. The van der Waals surface area contributed by atoms with Gasteiger partial charge >= 0.3 is 0 Å². The summed E-state index contributed by atoms with van der Waals surface area (Å²) >= 11 is 0. The van der Waals surface area contributed by atoms with Crippen LogP contribution >= 0.6 is 0 Å². The van der Waals surface area contributed by atoms with Crippen molar-refractivity contribution in [1.29, 1.82) is 0 Å². The van der Waals surface area contributed by atoms with E-state index in [-0.39, 0.29) is 0 Å². The maximum atomic E-state index is 5.22. The van der Waals surface area contributed by atoms with Crippen LogP contribution in [0.2, 0.25) is 0 Å². The van der Waals surface area contributed by atoms with Gasteiger partial charge in [0, 0.05) is 16.7 Å². The first-order valence-corrected chi connectivity index (χ1v) is 19.0. The maximum Gasteiger partial charge on any atom is 0.165 e. The van der Waals surface area contributed by atoms with Gasteiger partial charge in [-0.2, -0.15) is 0 Å². The van der Waals surface area contributed by atoms with Crippen molar-refractivity contribution in [3.63, 3.8) is 0 Å². The van der Waals surface area contributed by atoms with Gasteiger partial charge in [0.25, 0.3) is 0 Å². The van der Waals surface area contributed by atoms with Gasteiger partial charge in [-0.15, -0.1) is 0 Å². The number of aromatic nitrogens is 3. The summed E-state index contributed by atoms with van der Waals surface area (Å²) in [5.41, 5.74) is 15.1. The van der Waals surface area contributed by atoms with E-state index in [9.17, 15) is 0 Å². The molecule has 0 N–H and O–H groups in total. The molecule has 1 aliphatic carbocycles. The minimum Gasteiger partial charge on any atom is -0.208 e. The Balaban J connectivity index is 1.19. The number of hydrogen-bond acceptors (Lipinski definition) is 3. The van der Waals surface area contributed by atoms with Crippen LogP contribution in [0.4, 0.5) is 0 Å². The van der Waals surface area contributed by atoms with Gasteiger partial charge in [0.15, 0.2) is 17.5 Å². The summed E-state index contributed by atoms with van der Waals surface area (Å²) < 4.78 is 0. The molecule has 0 fully saturated rings. The highest BCUT2D eigenvalue weighted by molar-refractivity contribution is 6.21. The van der Waals surface area contributed by atoms with Crippen molar-refractivity contribution in [2.75, 3.05) is 0 Å². The van der Waals surface area contributed by atoms with Gasteiger partial charge in [0.1, 0.15) is 0 Å². The highest BCUT2D eigenvalue weighted by Gasteiger charge is 2.24. The van der Waals surface area contributed by atoms with E-state index in [0.717, 1.165) is 43.8 Å². The van der Waals surface area contributed by atoms with Crippen molar-refractivity contribution >= 4 is 21.5 Å². The highest BCUT2D eigenvalue weighted by Crippen LogP contribution is 2.50. The molecule has 0 amide bonds. The summed E-state index contributed by atoms with van der Waals surface area (Å²) in [6.07, 6.45) is 0. The van der Waals surface area contributed by atoms with E-state index in [1.165, 1.54) is 50.1 Å². The lowest BCUT2D eigenvalue weighted by Crippen LogP contribution is -2.01. The molecule has 0 atom stereocenters. The number of fused-ring (bicyclic) bond motifs is 10. The molecule has 10 aromatic rings. The van der Waals surface area contributed by atoms with Crippen LogP contribution in [0.1, 0.15) is 0 Å². The maximum absolute atomic E-state index is 5.22. The lowest BCUT2D eigenvalue weighted by Gasteiger charge is -2.24. The van der Waals surface area contributed by atoms with Crippen molar-refractivity contribution < 1.29 is 0 Å². The molecule has 1 aliphatic rings. The summed E-state index contributed by atoms with van der Waals surface area (Å²) in [5, 5.41) is 4.48. The topological polar surface area (TPSA) is 38.7 Å². The van der Waals surface area contributed by atoms with E-state index in [4.69, 9.17) is 15.0 Å². The van der Waals surface area contributed by atoms with Crippen molar-refractivity contribution in [2.24, 2.45) is 0 Å². The predicted octanol–water partition coefficient (Wildman–Crippen LogP) is 13.8. The second-order valence-corrected chi connectivity index (χ2v) is 14.3. The standard InChI is InChI=1S/C53H33N3/c1-3-17-34(18-4-1)51-54-52(35-19-5-2-6-20-35)56-53(55-51)50-46-29-15-13-27-44(46)49(45-28-14-16-30-47(45)50)36-31-32-43-41-25-10-9-23-39(41)37-21-7-8-22-38(37)40-24-11-12-26-42(40)48(43)33-36/h1-33H. The lowest BCUT2D eigenvalue weighted by atomic mass is 9.79. The van der Waals surface area contributed by atoms with Crippen LogP contribution in [0.3, 0.4) is 0 Å². The molecule has 0 bridgehead atoms. The van der Waals surface area contributed by atoms with Gasteiger partial charge in [-0.3, -0.25) is 0 Å². The Kier molecular flexibility index (Phi) is 7.49. The minimum atomic E-state index is 0.647. The molecule has 1 aromatic heterocycles. The molecule has 0 aliphatic heterocycles. The Bertz CT molecular complexity index is 3010. The van der Waals surface area contributed by atoms with Gasteiger partial charge in [0.05, 0.1) is 0 Å². The number of benzene rings is 9. The molecule has 0 radical (unpaired) electrons. The SMILES string of the molecule is c1ccc(-c2nc(-c3ccccc3)nc(-c3c4ccccc4c(-c4ccc5c(c4)-c4ccccc4-c4ccccc4-c4ccccc4-5)c4ccccc34)n2)cc1. The molecule has 11 rings (SSSR count). The Morgan fingerprint density at radius 2 is 0.536 bits per heavy atom. The molecular formula is C53H33N3. The van der Waals surface area contributed by atoms with Crippen LogP contribution in [0.5, 0.6) is 0 Å². The van der Waals surface area contributed by atoms with Crippen molar-refractivity contribution in [3.05, 3.63) is 200 Å². The largest absolute Gasteiger partial charge is 0.208 e. The summed E-state index contributed by atoms with van der Waals surface area (Å²) in [6, 6.07) is 71.3. The second kappa shape index (κ2) is 13.1. The van der Waals surface area contributed by atoms with Gasteiger partial charge in [-0.1, -0.05) is 194 Å². The second-order valence-electron chi connectivity index (χ2n) is 14.3. The number of hydrogen-bond donors (Lipinski definition) is 0. The van der Waals surface area contributed by atoms with E-state index in [1.807, 2.05) is 36.4 Å². The molecule has 3 nitrogen and oxygen atoms in total. The number of rotatable bonds is 4. The lowest BCUT2D eigenvalue weighted by molar-refractivity contribution is 1.08. The minimum absolute atomic E-state index is 0.647. The molecule has 0 spiro atoms. The van der Waals surface area contributed by atoms with E-state index in [2.05, 4.69) is 164 Å². The third kappa shape index (κ3) is 5.17. The summed E-state index contributed by atoms with van der Waals surface area (Å²) in [5.74, 6) is 1.95. The zero-order valence-electron chi connectivity index (χ0n) is 30.4. The average Bonchev–Trinajstić information content (AvgIpc) is 3.28. The first kappa shape index (κ1) is 32.0. The molecule has 0 unspecified atom stereocenters. The Labute approximate surface area is 325 Å². The molecule has 1 heterocycles. The van der Waals surface area contributed by atoms with Gasteiger partial charge in [-0.25, -0.2) is 15.0 Å². The van der Waals surface area contributed by atoms with Gasteiger partial charge < -0.3 is 0 Å². The van der Waals surface area contributed by atoms with Crippen LogP contribution < -0.4 is 0 Å². The highest BCUT2D eigenvalue weighted by atomic mass is 15.0. The van der Waals surface area contributed by atoms with Crippen molar-refractivity contribution in [3.8, 4) is 89.8 Å². The Morgan fingerprint density at radius 1 is 0.214 bits per heavy atom. The van der Waals surface area contributed by atoms with E-state index < -0.39 is 0 Å². The molecule has 0 saturated heterocycles. The predicted molar refractivity (Wildman–Crippen MR) is 232 cm³/mol. The fourth-order valence-corrected chi connectivity index (χ4v) is 8.62. The zero-order chi connectivity index (χ0) is 37.0. The first-order chi connectivity index (χ1) is 27.8. The van der Waals surface area contributed by atoms with Gasteiger partial charge in [-0.05, 0) is 83.2 Å². The summed E-state index contributed by atoms with van der Waals surface area (Å²) in [6.45, 7) is 0. The molecule has 260 valence electrons. The Hall–Kier alpha value is -7.49. The van der Waals surface area contributed by atoms with Crippen LogP contribution in [0.15, 0.2) is 200 Å². The zero-order valence-corrected chi connectivity index (χ0v) is 30.4. The normalized spacial score (nSPS) is 11.6. The molecule has 56 heavy (non-hydrogen) atoms. The van der Waals surface area contributed by atoms with Crippen LogP contribution in [-0.4, -0.2) is 15.0 Å². The van der Waals surface area contributed by atoms with Crippen LogP contribution in [0, 0.1) is 0 Å². The fraction of sp³-hybridized carbons (Fsp3) is 0. The average molecular weight is 712 g/mol. The summed E-state index contributed by atoms with van der Waals surface area (Å²) in [4.78, 5) is 15.4. The van der Waals surface area contributed by atoms with Gasteiger partial charge in [0.2, 0.25) is 0 Å². The Morgan fingerprint density at radius 3 is 0.964 bits per heavy atom. The monoisotopic (exact) mass is 711 g/mol. The smallest absolute Gasteiger partial charge is 0.165 e. The fourth-order valence-electron chi connectivity index (χ4n) is 8.62. The molecule has 9 aromatic carbocycles. The number of nitrogens with zero attached hydrogens (tertiary/aromatic N) is 3. The van der Waals surface area contributed by atoms with E-state index in [0.29, 0.717) is 17.5 Å².